The molecule has 2 heteroatoms. The Morgan fingerprint density at radius 1 is 1.12 bits per heavy atom. The van der Waals surface area contributed by atoms with E-state index in [4.69, 9.17) is 0 Å². The lowest BCUT2D eigenvalue weighted by Crippen LogP contribution is -2.34. The van der Waals surface area contributed by atoms with Gasteiger partial charge in [0.2, 0.25) is 0 Å². The lowest BCUT2D eigenvalue weighted by Gasteiger charge is -2.29. The van der Waals surface area contributed by atoms with E-state index in [0.29, 0.717) is 12.1 Å². The van der Waals surface area contributed by atoms with E-state index in [1.54, 1.807) is 0 Å². The second kappa shape index (κ2) is 6.01. The van der Waals surface area contributed by atoms with Crippen molar-refractivity contribution in [3.63, 3.8) is 0 Å². The largest absolute Gasteiger partial charge is 0.307 e. The van der Waals surface area contributed by atoms with E-state index in [1.165, 1.54) is 31.2 Å². The number of hydrogen-bond acceptors (Lipinski definition) is 1. The predicted octanol–water partition coefficient (Wildman–Crippen LogP) is 4.68. The fourth-order valence-corrected chi connectivity index (χ4v) is 2.89. The summed E-state index contributed by atoms with van der Waals surface area (Å²) in [5.41, 5.74) is 1.38. The number of halogens is 1. The maximum atomic E-state index is 3.76. The van der Waals surface area contributed by atoms with Crippen LogP contribution < -0.4 is 5.32 Å². The first kappa shape index (κ1) is 13.1. The minimum atomic E-state index is 0.460. The molecule has 0 bridgehead atoms. The van der Waals surface area contributed by atoms with Crippen LogP contribution in [0.5, 0.6) is 0 Å². The van der Waals surface area contributed by atoms with Crippen LogP contribution in [0.25, 0.3) is 0 Å². The first-order valence-corrected chi connectivity index (χ1v) is 7.46. The molecule has 1 atom stereocenters. The summed E-state index contributed by atoms with van der Waals surface area (Å²) in [6, 6.07) is 9.82. The molecular weight excluding hydrogens is 274 g/mol. The first-order valence-electron chi connectivity index (χ1n) is 6.66. The maximum absolute atomic E-state index is 3.76. The zero-order chi connectivity index (χ0) is 12.3. The van der Waals surface area contributed by atoms with Gasteiger partial charge in [0.25, 0.3) is 0 Å². The molecule has 1 aromatic carbocycles. The van der Waals surface area contributed by atoms with E-state index in [-0.39, 0.29) is 0 Å². The van der Waals surface area contributed by atoms with Gasteiger partial charge in [-0.3, -0.25) is 0 Å². The van der Waals surface area contributed by atoms with E-state index in [0.717, 1.165) is 10.4 Å². The minimum absolute atomic E-state index is 0.460. The van der Waals surface area contributed by atoms with E-state index >= 15 is 0 Å². The Bertz CT molecular complexity index is 338. The Kier molecular flexibility index (Phi) is 4.63. The van der Waals surface area contributed by atoms with Gasteiger partial charge in [0, 0.05) is 16.6 Å². The monoisotopic (exact) mass is 295 g/mol. The molecule has 1 aliphatic carbocycles. The van der Waals surface area contributed by atoms with Crippen LogP contribution in [0.2, 0.25) is 0 Å². The van der Waals surface area contributed by atoms with E-state index in [9.17, 15) is 0 Å². The highest BCUT2D eigenvalue weighted by atomic mass is 79.9. The average molecular weight is 296 g/mol. The van der Waals surface area contributed by atoms with Crippen LogP contribution in [0.4, 0.5) is 0 Å². The topological polar surface area (TPSA) is 12.0 Å². The third kappa shape index (κ3) is 3.82. The van der Waals surface area contributed by atoms with Gasteiger partial charge in [-0.15, -0.1) is 0 Å². The summed E-state index contributed by atoms with van der Waals surface area (Å²) in [6.07, 6.45) is 5.43. The van der Waals surface area contributed by atoms with Gasteiger partial charge in [0.15, 0.2) is 0 Å². The fourth-order valence-electron chi connectivity index (χ4n) is 2.63. The Labute approximate surface area is 113 Å². The van der Waals surface area contributed by atoms with Crippen LogP contribution >= 0.6 is 15.9 Å². The number of benzene rings is 1. The Balaban J connectivity index is 1.88. The summed E-state index contributed by atoms with van der Waals surface area (Å²) in [5, 5.41) is 3.76. The van der Waals surface area contributed by atoms with Gasteiger partial charge >= 0.3 is 0 Å². The second-order valence-electron chi connectivity index (χ2n) is 5.40. The predicted molar refractivity (Wildman–Crippen MR) is 77.1 cm³/mol. The second-order valence-corrected chi connectivity index (χ2v) is 6.31. The normalized spacial score (nSPS) is 26.8. The molecule has 1 unspecified atom stereocenters. The molecule has 2 rings (SSSR count). The van der Waals surface area contributed by atoms with Crippen molar-refractivity contribution in [2.45, 2.75) is 51.6 Å². The maximum Gasteiger partial charge on any atom is 0.0294 e. The fraction of sp³-hybridized carbons (Fsp3) is 0.600. The summed E-state index contributed by atoms with van der Waals surface area (Å²) in [4.78, 5) is 0. The van der Waals surface area contributed by atoms with E-state index in [1.807, 2.05) is 0 Å². The number of nitrogens with one attached hydrogen (secondary N) is 1. The van der Waals surface area contributed by atoms with Crippen LogP contribution in [0.15, 0.2) is 28.7 Å². The van der Waals surface area contributed by atoms with Crippen molar-refractivity contribution in [2.24, 2.45) is 5.92 Å². The summed E-state index contributed by atoms with van der Waals surface area (Å²) in [7, 11) is 0. The summed E-state index contributed by atoms with van der Waals surface area (Å²) < 4.78 is 1.15. The molecule has 0 amide bonds. The molecule has 1 aromatic rings. The zero-order valence-corrected chi connectivity index (χ0v) is 12.3. The smallest absolute Gasteiger partial charge is 0.0294 e. The van der Waals surface area contributed by atoms with Crippen molar-refractivity contribution in [2.75, 3.05) is 0 Å². The van der Waals surface area contributed by atoms with Crippen LogP contribution in [0, 0.1) is 5.92 Å². The standard InChI is InChI=1S/C15H22BrN/c1-11-3-9-15(10-4-11)17-12(2)13-5-7-14(16)8-6-13/h5-8,11-12,15,17H,3-4,9-10H2,1-2H3. The molecule has 0 saturated heterocycles. The van der Waals surface area contributed by atoms with Crippen LogP contribution in [-0.4, -0.2) is 6.04 Å². The van der Waals surface area contributed by atoms with Crippen molar-refractivity contribution in [1.29, 1.82) is 0 Å². The highest BCUT2D eigenvalue weighted by Crippen LogP contribution is 2.25. The van der Waals surface area contributed by atoms with Crippen molar-refractivity contribution in [3.8, 4) is 0 Å². The Morgan fingerprint density at radius 3 is 2.29 bits per heavy atom. The number of hydrogen-bond donors (Lipinski definition) is 1. The molecular formula is C15H22BrN. The molecule has 0 spiro atoms. The molecule has 0 aromatic heterocycles. The van der Waals surface area contributed by atoms with Gasteiger partial charge in [-0.25, -0.2) is 0 Å². The van der Waals surface area contributed by atoms with Gasteiger partial charge in [0.1, 0.15) is 0 Å². The molecule has 1 N–H and O–H groups in total. The first-order chi connectivity index (χ1) is 8.15. The molecule has 1 aliphatic rings. The molecule has 1 saturated carbocycles. The lowest BCUT2D eigenvalue weighted by molar-refractivity contribution is 0.292. The van der Waals surface area contributed by atoms with Crippen LogP contribution in [0.3, 0.4) is 0 Å². The van der Waals surface area contributed by atoms with Gasteiger partial charge < -0.3 is 5.32 Å². The van der Waals surface area contributed by atoms with Crippen LogP contribution in [0.1, 0.15) is 51.1 Å². The molecule has 0 heterocycles. The Morgan fingerprint density at radius 2 is 1.71 bits per heavy atom. The molecule has 0 aliphatic heterocycles. The van der Waals surface area contributed by atoms with Crippen molar-refractivity contribution in [1.82, 2.24) is 5.32 Å². The third-order valence-corrected chi connectivity index (χ3v) is 4.40. The molecule has 17 heavy (non-hydrogen) atoms. The van der Waals surface area contributed by atoms with Crippen molar-refractivity contribution >= 4 is 15.9 Å². The average Bonchev–Trinajstić information content (AvgIpc) is 2.33. The van der Waals surface area contributed by atoms with Crippen molar-refractivity contribution in [3.05, 3.63) is 34.3 Å². The third-order valence-electron chi connectivity index (χ3n) is 3.87. The van der Waals surface area contributed by atoms with E-state index < -0.39 is 0 Å². The SMILES string of the molecule is CC1CCC(NC(C)c2ccc(Br)cc2)CC1. The summed E-state index contributed by atoms with van der Waals surface area (Å²) >= 11 is 3.48. The molecule has 1 fully saturated rings. The summed E-state index contributed by atoms with van der Waals surface area (Å²) in [5.74, 6) is 0.927. The van der Waals surface area contributed by atoms with Gasteiger partial charge in [-0.1, -0.05) is 35.0 Å². The van der Waals surface area contributed by atoms with Gasteiger partial charge in [-0.2, -0.15) is 0 Å². The Hall–Kier alpha value is -0.340. The highest BCUT2D eigenvalue weighted by Gasteiger charge is 2.19. The number of rotatable bonds is 3. The van der Waals surface area contributed by atoms with Gasteiger partial charge in [0.05, 0.1) is 0 Å². The lowest BCUT2D eigenvalue weighted by atomic mass is 9.87. The minimum Gasteiger partial charge on any atom is -0.307 e. The van der Waals surface area contributed by atoms with Gasteiger partial charge in [-0.05, 0) is 56.2 Å². The molecule has 94 valence electrons. The highest BCUT2D eigenvalue weighted by molar-refractivity contribution is 9.10. The van der Waals surface area contributed by atoms with Crippen LogP contribution in [-0.2, 0) is 0 Å². The quantitative estimate of drug-likeness (QED) is 0.854. The summed E-state index contributed by atoms with van der Waals surface area (Å²) in [6.45, 7) is 4.63. The molecule has 0 radical (unpaired) electrons. The molecule has 1 nitrogen and oxygen atoms in total. The van der Waals surface area contributed by atoms with Crippen molar-refractivity contribution < 1.29 is 0 Å². The zero-order valence-electron chi connectivity index (χ0n) is 10.7. The van der Waals surface area contributed by atoms with E-state index in [2.05, 4.69) is 59.4 Å².